The summed E-state index contributed by atoms with van der Waals surface area (Å²) in [4.78, 5) is 40.8. The Morgan fingerprint density at radius 1 is 1.27 bits per heavy atom. The number of imidazole rings is 1. The lowest BCUT2D eigenvalue weighted by Crippen LogP contribution is -2.39. The smallest absolute Gasteiger partial charge is 0.358 e. The van der Waals surface area contributed by atoms with E-state index in [1.165, 1.54) is 12.4 Å². The van der Waals surface area contributed by atoms with Crippen molar-refractivity contribution >= 4 is 51.6 Å². The second-order valence-electron chi connectivity index (χ2n) is 9.91. The second kappa shape index (κ2) is 12.1. The predicted molar refractivity (Wildman–Crippen MR) is 158 cm³/mol. The quantitative estimate of drug-likeness (QED) is 0.0934. The SMILES string of the molecule is C#Cc1cc(Nc2ncnc3cnc(NC(=O)/C=C/C[N+](C)(C)Cc4c([N+](=O)[O-])nc(CC)n4C)cc23)ccc1Cl. The molecule has 12 nitrogen and oxygen atoms in total. The molecular formula is C28H29ClN9O3+. The van der Waals surface area contributed by atoms with Gasteiger partial charge in [-0.25, -0.2) is 15.0 Å². The highest BCUT2D eigenvalue weighted by molar-refractivity contribution is 6.31. The number of hydrogen-bond donors (Lipinski definition) is 2. The molecule has 3 heterocycles. The van der Waals surface area contributed by atoms with Crippen molar-refractivity contribution in [3.8, 4) is 12.3 Å². The number of amides is 1. The topological polar surface area (TPSA) is 141 Å². The number of nitro groups is 1. The van der Waals surface area contributed by atoms with Gasteiger partial charge in [0.15, 0.2) is 5.69 Å². The molecule has 4 rings (SSSR count). The summed E-state index contributed by atoms with van der Waals surface area (Å²) in [7, 11) is 5.64. The fourth-order valence-electron chi connectivity index (χ4n) is 4.27. The van der Waals surface area contributed by atoms with E-state index in [0.717, 1.165) is 0 Å². The van der Waals surface area contributed by atoms with Crippen LogP contribution in [0.5, 0.6) is 0 Å². The Morgan fingerprint density at radius 3 is 2.76 bits per heavy atom. The lowest BCUT2D eigenvalue weighted by Gasteiger charge is -2.28. The normalized spacial score (nSPS) is 11.5. The molecule has 0 radical (unpaired) electrons. The Kier molecular flexibility index (Phi) is 8.61. The standard InChI is InChI=1S/C28H28ClN9O3/c1-6-18-13-19(10-11-21(18)29)33-27-20-14-24(30-15-22(20)31-17-32-27)34-26(39)9-8-12-38(4,5)16-23-28(37(40)41)35-25(7-2)36(23)3/h1,8-11,13-15,17H,7,12,16H2,2-5H3,(H-,30,31,32,33,34,39)/p+1/b9-8+. The van der Waals surface area contributed by atoms with Crippen LogP contribution in [0, 0.1) is 22.5 Å². The summed E-state index contributed by atoms with van der Waals surface area (Å²) in [6.45, 7) is 2.72. The number of anilines is 3. The van der Waals surface area contributed by atoms with E-state index in [1.54, 1.807) is 48.2 Å². The first kappa shape index (κ1) is 29.1. The molecular weight excluding hydrogens is 546 g/mol. The zero-order valence-corrected chi connectivity index (χ0v) is 23.8. The number of benzene rings is 1. The summed E-state index contributed by atoms with van der Waals surface area (Å²) in [5.41, 5.74) is 2.35. The van der Waals surface area contributed by atoms with Gasteiger partial charge in [0.2, 0.25) is 11.7 Å². The number of aromatic nitrogens is 5. The van der Waals surface area contributed by atoms with Gasteiger partial charge >= 0.3 is 5.82 Å². The van der Waals surface area contributed by atoms with Gasteiger partial charge < -0.3 is 29.8 Å². The largest absolute Gasteiger partial charge is 0.391 e. The Labute approximate surface area is 241 Å². The molecule has 41 heavy (non-hydrogen) atoms. The zero-order chi connectivity index (χ0) is 29.7. The molecule has 1 aromatic carbocycles. The van der Waals surface area contributed by atoms with Crippen LogP contribution in [-0.2, 0) is 24.8 Å². The van der Waals surface area contributed by atoms with E-state index in [9.17, 15) is 14.9 Å². The number of aryl methyl sites for hydroxylation is 1. The first-order valence-corrected chi connectivity index (χ1v) is 13.0. The summed E-state index contributed by atoms with van der Waals surface area (Å²) in [6.07, 6.45) is 12.2. The fourth-order valence-corrected chi connectivity index (χ4v) is 4.44. The fraction of sp³-hybridized carbons (Fsp3) is 0.250. The van der Waals surface area contributed by atoms with Crippen molar-refractivity contribution in [3.05, 3.63) is 81.2 Å². The van der Waals surface area contributed by atoms with Crippen molar-refractivity contribution < 1.29 is 14.2 Å². The van der Waals surface area contributed by atoms with Crippen molar-refractivity contribution in [1.29, 1.82) is 0 Å². The van der Waals surface area contributed by atoms with E-state index in [-0.39, 0.29) is 11.7 Å². The lowest BCUT2D eigenvalue weighted by atomic mass is 10.2. The first-order valence-electron chi connectivity index (χ1n) is 12.6. The van der Waals surface area contributed by atoms with Crippen LogP contribution in [-0.4, -0.2) is 60.5 Å². The molecule has 0 spiro atoms. The molecule has 0 aliphatic rings. The third-order valence-corrected chi connectivity index (χ3v) is 6.71. The molecule has 13 heteroatoms. The highest BCUT2D eigenvalue weighted by Crippen LogP contribution is 2.27. The summed E-state index contributed by atoms with van der Waals surface area (Å²) >= 11 is 6.11. The van der Waals surface area contributed by atoms with Gasteiger partial charge in [-0.15, -0.1) is 6.42 Å². The maximum Gasteiger partial charge on any atom is 0.391 e. The molecule has 3 aromatic heterocycles. The van der Waals surface area contributed by atoms with E-state index in [1.807, 2.05) is 21.0 Å². The Morgan fingerprint density at radius 2 is 2.05 bits per heavy atom. The molecule has 1 amide bonds. The molecule has 210 valence electrons. The van der Waals surface area contributed by atoms with Gasteiger partial charge in [0, 0.05) is 36.2 Å². The molecule has 0 bridgehead atoms. The summed E-state index contributed by atoms with van der Waals surface area (Å²) in [6, 6.07) is 6.89. The van der Waals surface area contributed by atoms with Gasteiger partial charge in [-0.3, -0.25) is 4.79 Å². The number of pyridine rings is 1. The summed E-state index contributed by atoms with van der Waals surface area (Å²) in [5, 5.41) is 18.6. The minimum atomic E-state index is -0.454. The van der Waals surface area contributed by atoms with Gasteiger partial charge in [0.25, 0.3) is 0 Å². The van der Waals surface area contributed by atoms with E-state index in [4.69, 9.17) is 18.0 Å². The Bertz CT molecular complexity index is 1710. The molecule has 0 saturated carbocycles. The summed E-state index contributed by atoms with van der Waals surface area (Å²) in [5.74, 6) is 3.50. The van der Waals surface area contributed by atoms with Crippen LogP contribution >= 0.6 is 11.6 Å². The van der Waals surface area contributed by atoms with Crippen molar-refractivity contribution in [2.45, 2.75) is 19.9 Å². The average Bonchev–Trinajstić information content (AvgIpc) is 3.24. The highest BCUT2D eigenvalue weighted by Gasteiger charge is 2.30. The number of likely N-dealkylation sites (N-methyl/N-ethyl adjacent to an activating group) is 1. The zero-order valence-electron chi connectivity index (χ0n) is 23.1. The van der Waals surface area contributed by atoms with E-state index in [2.05, 4.69) is 36.5 Å². The van der Waals surface area contributed by atoms with Crippen LogP contribution < -0.4 is 10.6 Å². The van der Waals surface area contributed by atoms with E-state index in [0.29, 0.717) is 74.3 Å². The first-order chi connectivity index (χ1) is 19.5. The molecule has 0 aliphatic carbocycles. The van der Waals surface area contributed by atoms with Gasteiger partial charge in [0.05, 0.1) is 37.4 Å². The van der Waals surface area contributed by atoms with Gasteiger partial charge in [-0.1, -0.05) is 24.4 Å². The molecule has 4 aromatic rings. The Balaban J connectivity index is 1.45. The van der Waals surface area contributed by atoms with Gasteiger partial charge in [-0.2, -0.15) is 0 Å². The number of rotatable bonds is 10. The van der Waals surface area contributed by atoms with E-state index >= 15 is 0 Å². The molecule has 0 atom stereocenters. The number of nitrogens with zero attached hydrogens (tertiary/aromatic N) is 7. The molecule has 0 fully saturated rings. The summed E-state index contributed by atoms with van der Waals surface area (Å²) < 4.78 is 2.15. The number of hydrogen-bond acceptors (Lipinski definition) is 8. The maximum atomic E-state index is 12.7. The van der Waals surface area contributed by atoms with Crippen LogP contribution in [0.15, 0.2) is 48.9 Å². The molecule has 0 saturated heterocycles. The predicted octanol–water partition coefficient (Wildman–Crippen LogP) is 4.38. The van der Waals surface area contributed by atoms with Gasteiger partial charge in [-0.05, 0) is 40.2 Å². The van der Waals surface area contributed by atoms with Crippen molar-refractivity contribution in [2.75, 3.05) is 31.3 Å². The van der Waals surface area contributed by atoms with Crippen LogP contribution in [0.2, 0.25) is 5.02 Å². The minimum absolute atomic E-state index is 0.134. The number of carbonyl (C=O) groups excluding carboxylic acids is 1. The van der Waals surface area contributed by atoms with Crippen LogP contribution in [0.1, 0.15) is 24.0 Å². The molecule has 2 N–H and O–H groups in total. The number of quaternary nitrogens is 1. The molecule has 0 aliphatic heterocycles. The maximum absolute atomic E-state index is 12.7. The van der Waals surface area contributed by atoms with Crippen molar-refractivity contribution in [3.63, 3.8) is 0 Å². The van der Waals surface area contributed by atoms with Crippen molar-refractivity contribution in [2.24, 2.45) is 7.05 Å². The molecule has 0 unspecified atom stereocenters. The van der Waals surface area contributed by atoms with Gasteiger partial charge in [0.1, 0.15) is 24.5 Å². The number of nitrogens with one attached hydrogen (secondary N) is 2. The number of terminal acetylenes is 1. The Hall–Kier alpha value is -4.86. The minimum Gasteiger partial charge on any atom is -0.358 e. The third kappa shape index (κ3) is 6.84. The second-order valence-corrected chi connectivity index (χ2v) is 10.3. The van der Waals surface area contributed by atoms with Crippen molar-refractivity contribution in [1.82, 2.24) is 24.5 Å². The number of fused-ring (bicyclic) bond motifs is 1. The van der Waals surface area contributed by atoms with Crippen LogP contribution in [0.25, 0.3) is 10.9 Å². The lowest BCUT2D eigenvalue weighted by molar-refractivity contribution is -0.898. The number of carbonyl (C=O) groups is 1. The highest BCUT2D eigenvalue weighted by atomic mass is 35.5. The van der Waals surface area contributed by atoms with Crippen LogP contribution in [0.3, 0.4) is 0 Å². The number of halogens is 1. The average molecular weight is 575 g/mol. The third-order valence-electron chi connectivity index (χ3n) is 6.38. The van der Waals surface area contributed by atoms with Crippen LogP contribution in [0.4, 0.5) is 23.1 Å². The van der Waals surface area contributed by atoms with E-state index < -0.39 is 4.92 Å². The monoisotopic (exact) mass is 574 g/mol.